The number of esters is 1. The molecule has 9 heteroatoms. The Labute approximate surface area is 114 Å². The van der Waals surface area contributed by atoms with Gasteiger partial charge in [0.15, 0.2) is 5.92 Å². The van der Waals surface area contributed by atoms with Gasteiger partial charge < -0.3 is 4.74 Å². The van der Waals surface area contributed by atoms with E-state index in [4.69, 9.17) is 0 Å². The van der Waals surface area contributed by atoms with Crippen LogP contribution < -0.4 is 0 Å². The molecular formula is C11H11F3O5S. The minimum absolute atomic E-state index is 0.308. The van der Waals surface area contributed by atoms with Gasteiger partial charge in [-0.3, -0.25) is 4.79 Å². The van der Waals surface area contributed by atoms with Gasteiger partial charge in [0, 0.05) is 0 Å². The fraction of sp³-hybridized carbons (Fsp3) is 0.364. The monoisotopic (exact) mass is 312 g/mol. The van der Waals surface area contributed by atoms with Crippen molar-refractivity contribution in [3.05, 3.63) is 35.9 Å². The highest BCUT2D eigenvalue weighted by Crippen LogP contribution is 2.30. The lowest BCUT2D eigenvalue weighted by atomic mass is 9.99. The van der Waals surface area contributed by atoms with Gasteiger partial charge in [0.2, 0.25) is 6.79 Å². The van der Waals surface area contributed by atoms with Crippen molar-refractivity contribution in [3.63, 3.8) is 0 Å². The number of halogens is 3. The number of carbonyl (C=O) groups excluding carboxylic acids is 1. The largest absolute Gasteiger partial charge is 0.437 e. The van der Waals surface area contributed by atoms with E-state index in [2.05, 4.69) is 8.92 Å². The molecule has 0 radical (unpaired) electrons. The second-order valence-electron chi connectivity index (χ2n) is 3.72. The highest BCUT2D eigenvalue weighted by atomic mass is 32.2. The standard InChI is InChI=1S/C11H11F3O5S/c12-11(13,14)9(6-8-4-2-1-3-5-8)10(15)18-7-19-20(16)17/h1-5,9,20H,6-7H2. The number of benzene rings is 1. The Hall–Kier alpha value is -1.61. The lowest BCUT2D eigenvalue weighted by Gasteiger charge is -2.18. The van der Waals surface area contributed by atoms with Crippen LogP contribution in [0.25, 0.3) is 0 Å². The maximum absolute atomic E-state index is 12.8. The van der Waals surface area contributed by atoms with E-state index in [1.54, 1.807) is 18.2 Å². The SMILES string of the molecule is O=C(OCO[SH](=O)=O)C(Cc1ccccc1)C(F)(F)F. The van der Waals surface area contributed by atoms with E-state index in [1.807, 2.05) is 0 Å². The zero-order valence-corrected chi connectivity index (χ0v) is 10.9. The second kappa shape index (κ2) is 7.25. The maximum Gasteiger partial charge on any atom is 0.402 e. The van der Waals surface area contributed by atoms with Crippen LogP contribution in [0.4, 0.5) is 13.2 Å². The van der Waals surface area contributed by atoms with Crippen LogP contribution in [-0.2, 0) is 31.1 Å². The molecule has 1 rings (SSSR count). The summed E-state index contributed by atoms with van der Waals surface area (Å²) in [5.74, 6) is -3.96. The van der Waals surface area contributed by atoms with E-state index in [-0.39, 0.29) is 0 Å². The van der Waals surface area contributed by atoms with Crippen molar-refractivity contribution < 1.29 is 35.3 Å². The molecule has 0 N–H and O–H groups in total. The van der Waals surface area contributed by atoms with Gasteiger partial charge in [-0.2, -0.15) is 13.2 Å². The molecule has 20 heavy (non-hydrogen) atoms. The van der Waals surface area contributed by atoms with Crippen LogP contribution in [0.1, 0.15) is 5.56 Å². The third kappa shape index (κ3) is 5.57. The highest BCUT2D eigenvalue weighted by Gasteiger charge is 2.45. The van der Waals surface area contributed by atoms with Crippen LogP contribution in [0.5, 0.6) is 0 Å². The summed E-state index contributed by atoms with van der Waals surface area (Å²) in [6, 6.07) is 7.59. The average Bonchev–Trinajstić information content (AvgIpc) is 2.35. The Kier molecular flexibility index (Phi) is 5.96. The van der Waals surface area contributed by atoms with E-state index in [0.29, 0.717) is 5.56 Å². The zero-order chi connectivity index (χ0) is 15.2. The first-order valence-corrected chi connectivity index (χ1v) is 6.45. The van der Waals surface area contributed by atoms with Crippen molar-refractivity contribution in [2.24, 2.45) is 5.92 Å². The number of hydrogen-bond acceptors (Lipinski definition) is 5. The lowest BCUT2D eigenvalue weighted by Crippen LogP contribution is -2.34. The van der Waals surface area contributed by atoms with Gasteiger partial charge in [-0.15, -0.1) is 0 Å². The summed E-state index contributed by atoms with van der Waals surface area (Å²) in [7, 11) is -3.29. The molecule has 1 unspecified atom stereocenters. The Morgan fingerprint density at radius 2 is 1.80 bits per heavy atom. The third-order valence-corrected chi connectivity index (χ3v) is 2.64. The Morgan fingerprint density at radius 3 is 2.30 bits per heavy atom. The Balaban J connectivity index is 2.72. The number of alkyl halides is 3. The number of rotatable bonds is 6. The third-order valence-electron chi connectivity index (χ3n) is 2.32. The maximum atomic E-state index is 12.8. The molecule has 1 atom stereocenters. The first kappa shape index (κ1) is 16.4. The summed E-state index contributed by atoms with van der Waals surface area (Å²) in [4.78, 5) is 11.4. The quantitative estimate of drug-likeness (QED) is 0.489. The summed E-state index contributed by atoms with van der Waals surface area (Å²) in [5.41, 5.74) is 0.308. The van der Waals surface area contributed by atoms with E-state index < -0.39 is 42.3 Å². The number of hydrogen-bond donors (Lipinski definition) is 1. The van der Waals surface area contributed by atoms with Crippen molar-refractivity contribution in [2.75, 3.05) is 6.79 Å². The van der Waals surface area contributed by atoms with Crippen LogP contribution in [0.3, 0.4) is 0 Å². The molecule has 0 aromatic heterocycles. The van der Waals surface area contributed by atoms with Gasteiger partial charge in [-0.25, -0.2) is 12.6 Å². The molecule has 0 spiro atoms. The van der Waals surface area contributed by atoms with E-state index in [1.165, 1.54) is 12.1 Å². The van der Waals surface area contributed by atoms with E-state index in [0.717, 1.165) is 0 Å². The molecule has 0 saturated heterocycles. The molecule has 0 bridgehead atoms. The van der Waals surface area contributed by atoms with Crippen LogP contribution in [0, 0.1) is 5.92 Å². The van der Waals surface area contributed by atoms with Crippen LogP contribution in [0.2, 0.25) is 0 Å². The van der Waals surface area contributed by atoms with Gasteiger partial charge in [-0.1, -0.05) is 30.3 Å². The van der Waals surface area contributed by atoms with Crippen LogP contribution in [-0.4, -0.2) is 27.4 Å². The molecule has 1 aromatic rings. The first-order valence-electron chi connectivity index (χ1n) is 5.35. The van der Waals surface area contributed by atoms with Gasteiger partial charge in [0.25, 0.3) is 11.0 Å². The van der Waals surface area contributed by atoms with Gasteiger partial charge in [0.05, 0.1) is 0 Å². The van der Waals surface area contributed by atoms with Crippen LogP contribution >= 0.6 is 0 Å². The zero-order valence-electron chi connectivity index (χ0n) is 10.0. The molecule has 0 amide bonds. The minimum atomic E-state index is -4.80. The molecule has 0 aliphatic heterocycles. The normalized spacial score (nSPS) is 13.2. The number of thiol groups is 1. The smallest absolute Gasteiger partial charge is 0.402 e. The molecule has 0 fully saturated rings. The average molecular weight is 312 g/mol. The summed E-state index contributed by atoms with van der Waals surface area (Å²) in [6.07, 6.45) is -5.39. The predicted molar refractivity (Wildman–Crippen MR) is 62.0 cm³/mol. The van der Waals surface area contributed by atoms with Crippen molar-refractivity contribution >= 4 is 17.0 Å². The molecule has 0 aliphatic rings. The van der Waals surface area contributed by atoms with Gasteiger partial charge >= 0.3 is 12.1 Å². The predicted octanol–water partition coefficient (Wildman–Crippen LogP) is 1.45. The van der Waals surface area contributed by atoms with Crippen molar-refractivity contribution in [2.45, 2.75) is 12.6 Å². The van der Waals surface area contributed by atoms with Crippen molar-refractivity contribution in [1.82, 2.24) is 0 Å². The highest BCUT2D eigenvalue weighted by molar-refractivity contribution is 7.67. The number of carbonyl (C=O) groups is 1. The van der Waals surface area contributed by atoms with Gasteiger partial charge in [-0.05, 0) is 12.0 Å². The molecule has 0 saturated carbocycles. The fourth-order valence-electron chi connectivity index (χ4n) is 1.41. The molecule has 0 aliphatic carbocycles. The molecular weight excluding hydrogens is 301 g/mol. The number of ether oxygens (including phenoxy) is 1. The molecule has 112 valence electrons. The summed E-state index contributed by atoms with van der Waals surface area (Å²) >= 11 is 0. The lowest BCUT2D eigenvalue weighted by molar-refractivity contribution is -0.200. The van der Waals surface area contributed by atoms with Crippen LogP contribution in [0.15, 0.2) is 30.3 Å². The molecule has 5 nitrogen and oxygen atoms in total. The van der Waals surface area contributed by atoms with Gasteiger partial charge in [0.1, 0.15) is 0 Å². The summed E-state index contributed by atoms with van der Waals surface area (Å²) < 4.78 is 66.4. The topological polar surface area (TPSA) is 69.7 Å². The van der Waals surface area contributed by atoms with E-state index >= 15 is 0 Å². The van der Waals surface area contributed by atoms with Crippen molar-refractivity contribution in [1.29, 1.82) is 0 Å². The Bertz CT molecular complexity index is 505. The summed E-state index contributed by atoms with van der Waals surface area (Å²) in [5, 5.41) is 0. The fourth-order valence-corrected chi connectivity index (χ4v) is 1.55. The molecule has 0 heterocycles. The molecule has 1 aromatic carbocycles. The van der Waals surface area contributed by atoms with E-state index in [9.17, 15) is 26.4 Å². The summed E-state index contributed by atoms with van der Waals surface area (Å²) in [6.45, 7) is -1.07. The first-order chi connectivity index (χ1) is 9.30. The van der Waals surface area contributed by atoms with Crippen molar-refractivity contribution in [3.8, 4) is 0 Å². The minimum Gasteiger partial charge on any atom is -0.437 e. The Morgan fingerprint density at radius 1 is 1.20 bits per heavy atom. The second-order valence-corrected chi connectivity index (χ2v) is 4.42.